The highest BCUT2D eigenvalue weighted by Gasteiger charge is 2.19. The average molecular weight is 355 g/mol. The third-order valence-corrected chi connectivity index (χ3v) is 4.67. The fraction of sp³-hybridized carbons (Fsp3) is 0.167. The molecule has 6 nitrogen and oxygen atoms in total. The third-order valence-electron chi connectivity index (χ3n) is 3.98. The molecule has 0 bridgehead atoms. The smallest absolute Gasteiger partial charge is 0.269 e. The van der Waals surface area contributed by atoms with Crippen molar-refractivity contribution in [3.8, 4) is 5.75 Å². The van der Waals surface area contributed by atoms with Gasteiger partial charge < -0.3 is 10.5 Å². The number of hydrogen-bond acceptors (Lipinski definition) is 6. The van der Waals surface area contributed by atoms with Crippen molar-refractivity contribution in [2.75, 3.05) is 12.8 Å². The Morgan fingerprint density at radius 1 is 1.28 bits per heavy atom. The Balaban J connectivity index is 1.96. The van der Waals surface area contributed by atoms with E-state index in [0.29, 0.717) is 11.6 Å². The number of benzene rings is 2. The molecule has 0 radical (unpaired) electrons. The molecule has 1 unspecified atom stereocenters. The Morgan fingerprint density at radius 2 is 2.04 bits per heavy atom. The fourth-order valence-corrected chi connectivity index (χ4v) is 3.34. The van der Waals surface area contributed by atoms with Gasteiger partial charge in [-0.1, -0.05) is 24.3 Å². The number of hydrogen-bond donors (Lipinski definition) is 1. The Morgan fingerprint density at radius 3 is 2.64 bits per heavy atom. The van der Waals surface area contributed by atoms with Crippen molar-refractivity contribution in [3.63, 3.8) is 0 Å². The van der Waals surface area contributed by atoms with Gasteiger partial charge in [-0.2, -0.15) is 0 Å². The van der Waals surface area contributed by atoms with Gasteiger partial charge in [0.05, 0.1) is 17.7 Å². The molecule has 0 fully saturated rings. The second-order valence-electron chi connectivity index (χ2n) is 5.57. The lowest BCUT2D eigenvalue weighted by Crippen LogP contribution is -2.06. The average Bonchev–Trinajstić information content (AvgIpc) is 3.06. The van der Waals surface area contributed by atoms with Gasteiger partial charge in [0, 0.05) is 23.4 Å². The van der Waals surface area contributed by atoms with E-state index < -0.39 is 0 Å². The lowest BCUT2D eigenvalue weighted by molar-refractivity contribution is -0.384. The molecular weight excluding hydrogens is 338 g/mol. The van der Waals surface area contributed by atoms with Crippen molar-refractivity contribution in [2.24, 2.45) is 0 Å². The van der Waals surface area contributed by atoms with Gasteiger partial charge in [-0.25, -0.2) is 4.98 Å². The summed E-state index contributed by atoms with van der Waals surface area (Å²) in [5.74, 6) is 0.733. The number of non-ortho nitro benzene ring substituents is 1. The minimum atomic E-state index is -0.382. The zero-order valence-corrected chi connectivity index (χ0v) is 14.4. The highest BCUT2D eigenvalue weighted by molar-refractivity contribution is 7.13. The molecule has 1 heterocycles. The molecule has 0 amide bonds. The molecule has 3 rings (SSSR count). The van der Waals surface area contributed by atoms with Crippen LogP contribution in [0.2, 0.25) is 0 Å². The Kier molecular flexibility index (Phi) is 4.95. The quantitative estimate of drug-likeness (QED) is 0.533. The molecule has 0 saturated heterocycles. The van der Waals surface area contributed by atoms with Crippen molar-refractivity contribution in [3.05, 3.63) is 80.8 Å². The first kappa shape index (κ1) is 16.9. The fourth-order valence-electron chi connectivity index (χ4n) is 2.72. The number of methoxy groups -OCH3 is 1. The molecule has 0 aliphatic rings. The number of nitrogens with zero attached hydrogens (tertiary/aromatic N) is 2. The van der Waals surface area contributed by atoms with Gasteiger partial charge in [-0.15, -0.1) is 11.3 Å². The molecule has 0 saturated carbocycles. The van der Waals surface area contributed by atoms with Crippen LogP contribution in [0, 0.1) is 10.1 Å². The summed E-state index contributed by atoms with van der Waals surface area (Å²) in [6.07, 6.45) is 0.594. The van der Waals surface area contributed by atoms with Gasteiger partial charge in [0.25, 0.3) is 5.69 Å². The van der Waals surface area contributed by atoms with Gasteiger partial charge in [0.2, 0.25) is 0 Å². The Bertz CT molecular complexity index is 877. The van der Waals surface area contributed by atoms with Gasteiger partial charge in [-0.3, -0.25) is 10.1 Å². The van der Waals surface area contributed by atoms with Crippen LogP contribution in [0.4, 0.5) is 10.8 Å². The first-order valence-corrected chi connectivity index (χ1v) is 8.53. The van der Waals surface area contributed by atoms with Crippen molar-refractivity contribution in [2.45, 2.75) is 12.3 Å². The van der Waals surface area contributed by atoms with Gasteiger partial charge >= 0.3 is 0 Å². The molecule has 1 aromatic heterocycles. The molecule has 2 N–H and O–H groups in total. The van der Waals surface area contributed by atoms with Crippen LogP contribution in [0.5, 0.6) is 5.75 Å². The maximum atomic E-state index is 11.0. The Hall–Kier alpha value is -2.93. The number of aromatic nitrogens is 1. The van der Waals surface area contributed by atoms with Crippen LogP contribution in [0.1, 0.15) is 22.7 Å². The zero-order valence-electron chi connectivity index (χ0n) is 13.6. The molecule has 25 heavy (non-hydrogen) atoms. The lowest BCUT2D eigenvalue weighted by Gasteiger charge is -2.16. The molecule has 0 aliphatic heterocycles. The van der Waals surface area contributed by atoms with Crippen LogP contribution in [0.15, 0.2) is 53.9 Å². The number of nitrogen functional groups attached to an aromatic ring is 1. The number of rotatable bonds is 6. The van der Waals surface area contributed by atoms with Crippen molar-refractivity contribution in [1.29, 1.82) is 0 Å². The van der Waals surface area contributed by atoms with E-state index in [1.807, 2.05) is 35.7 Å². The van der Waals surface area contributed by atoms with E-state index in [1.165, 1.54) is 17.4 Å². The molecule has 0 spiro atoms. The molecule has 2 aromatic carbocycles. The highest BCUT2D eigenvalue weighted by atomic mass is 32.1. The van der Waals surface area contributed by atoms with Crippen molar-refractivity contribution in [1.82, 2.24) is 4.98 Å². The third kappa shape index (κ3) is 3.95. The second kappa shape index (κ2) is 7.31. The molecule has 7 heteroatoms. The van der Waals surface area contributed by atoms with Gasteiger partial charge in [0.1, 0.15) is 5.75 Å². The SMILES string of the molecule is COc1ccc(C(Cc2cccc([N+](=O)[O-])c2)c2csc(N)n2)cc1. The molecule has 3 aromatic rings. The predicted molar refractivity (Wildman–Crippen MR) is 98.2 cm³/mol. The summed E-state index contributed by atoms with van der Waals surface area (Å²) in [6, 6.07) is 14.4. The van der Waals surface area contributed by atoms with Crippen LogP contribution >= 0.6 is 11.3 Å². The van der Waals surface area contributed by atoms with Crippen LogP contribution in [-0.2, 0) is 6.42 Å². The van der Waals surface area contributed by atoms with E-state index in [2.05, 4.69) is 4.98 Å². The second-order valence-corrected chi connectivity index (χ2v) is 6.46. The number of nitro groups is 1. The molecule has 128 valence electrons. The number of ether oxygens (including phenoxy) is 1. The predicted octanol–water partition coefficient (Wildman–Crippen LogP) is 4.02. The number of thiazole rings is 1. The summed E-state index contributed by atoms with van der Waals surface area (Å²) >= 11 is 1.39. The molecule has 0 aliphatic carbocycles. The summed E-state index contributed by atoms with van der Waals surface area (Å²) in [5, 5.41) is 13.5. The summed E-state index contributed by atoms with van der Waals surface area (Å²) in [4.78, 5) is 15.0. The zero-order chi connectivity index (χ0) is 17.8. The summed E-state index contributed by atoms with van der Waals surface area (Å²) in [5.41, 5.74) is 8.67. The first-order valence-electron chi connectivity index (χ1n) is 7.65. The number of nitrogens with two attached hydrogens (primary N) is 1. The minimum absolute atomic E-state index is 0.0403. The maximum absolute atomic E-state index is 11.0. The van der Waals surface area contributed by atoms with Crippen LogP contribution in [-0.4, -0.2) is 17.0 Å². The summed E-state index contributed by atoms with van der Waals surface area (Å²) in [7, 11) is 1.62. The van der Waals surface area contributed by atoms with Crippen molar-refractivity contribution < 1.29 is 9.66 Å². The largest absolute Gasteiger partial charge is 0.497 e. The van der Waals surface area contributed by atoms with E-state index in [-0.39, 0.29) is 16.5 Å². The van der Waals surface area contributed by atoms with E-state index in [4.69, 9.17) is 10.5 Å². The van der Waals surface area contributed by atoms with Crippen LogP contribution in [0.25, 0.3) is 0 Å². The Labute approximate surface area is 149 Å². The molecule has 1 atom stereocenters. The maximum Gasteiger partial charge on any atom is 0.269 e. The monoisotopic (exact) mass is 355 g/mol. The minimum Gasteiger partial charge on any atom is -0.497 e. The number of nitro benzene ring substituents is 1. The van der Waals surface area contributed by atoms with E-state index >= 15 is 0 Å². The van der Waals surface area contributed by atoms with Crippen LogP contribution < -0.4 is 10.5 Å². The van der Waals surface area contributed by atoms with Gasteiger partial charge in [0.15, 0.2) is 5.13 Å². The number of anilines is 1. The normalized spacial score (nSPS) is 11.9. The van der Waals surface area contributed by atoms with E-state index in [1.54, 1.807) is 19.2 Å². The summed E-state index contributed by atoms with van der Waals surface area (Å²) < 4.78 is 5.21. The van der Waals surface area contributed by atoms with Crippen LogP contribution in [0.3, 0.4) is 0 Å². The van der Waals surface area contributed by atoms with E-state index in [9.17, 15) is 10.1 Å². The topological polar surface area (TPSA) is 91.3 Å². The van der Waals surface area contributed by atoms with E-state index in [0.717, 1.165) is 22.6 Å². The lowest BCUT2D eigenvalue weighted by atomic mass is 9.89. The summed E-state index contributed by atoms with van der Waals surface area (Å²) in [6.45, 7) is 0. The van der Waals surface area contributed by atoms with Gasteiger partial charge in [-0.05, 0) is 29.7 Å². The van der Waals surface area contributed by atoms with Crippen molar-refractivity contribution >= 4 is 22.2 Å². The molecular formula is C18H17N3O3S. The highest BCUT2D eigenvalue weighted by Crippen LogP contribution is 2.32. The standard InChI is InChI=1S/C18H17N3O3S/c1-24-15-7-5-13(6-8-15)16(17-11-25-18(19)20-17)10-12-3-2-4-14(9-12)21(22)23/h2-9,11,16H,10H2,1H3,(H2,19,20). The first-order chi connectivity index (χ1) is 12.1.